The van der Waals surface area contributed by atoms with E-state index in [1.54, 1.807) is 0 Å². The lowest BCUT2D eigenvalue weighted by Gasteiger charge is -2.09. The van der Waals surface area contributed by atoms with Gasteiger partial charge in [0.25, 0.3) is 0 Å². The summed E-state index contributed by atoms with van der Waals surface area (Å²) in [7, 11) is 0. The summed E-state index contributed by atoms with van der Waals surface area (Å²) in [6, 6.07) is 5.94. The van der Waals surface area contributed by atoms with Gasteiger partial charge >= 0.3 is 0 Å². The van der Waals surface area contributed by atoms with E-state index in [1.807, 2.05) is 18.2 Å². The van der Waals surface area contributed by atoms with Crippen molar-refractivity contribution in [3.63, 3.8) is 0 Å². The van der Waals surface area contributed by atoms with Crippen LogP contribution in [-0.4, -0.2) is 31.5 Å². The molecule has 88 valence electrons. The summed E-state index contributed by atoms with van der Waals surface area (Å²) >= 11 is 0. The Morgan fingerprint density at radius 3 is 2.81 bits per heavy atom. The van der Waals surface area contributed by atoms with E-state index >= 15 is 0 Å². The van der Waals surface area contributed by atoms with E-state index in [1.165, 1.54) is 0 Å². The molecule has 0 bridgehead atoms. The fourth-order valence-electron chi connectivity index (χ4n) is 1.63. The van der Waals surface area contributed by atoms with E-state index in [0.717, 1.165) is 36.6 Å². The third-order valence-corrected chi connectivity index (χ3v) is 2.43. The summed E-state index contributed by atoms with van der Waals surface area (Å²) in [6.45, 7) is 2.92. The molecular weight excluding hydrogens is 206 g/mol. The van der Waals surface area contributed by atoms with Crippen molar-refractivity contribution in [1.29, 1.82) is 0 Å². The van der Waals surface area contributed by atoms with Crippen molar-refractivity contribution >= 4 is 0 Å². The second-order valence-corrected chi connectivity index (χ2v) is 3.73. The highest BCUT2D eigenvalue weighted by atomic mass is 16.5. The number of hydrogen-bond donors (Lipinski definition) is 2. The van der Waals surface area contributed by atoms with Gasteiger partial charge in [-0.3, -0.25) is 0 Å². The molecule has 2 N–H and O–H groups in total. The van der Waals surface area contributed by atoms with Gasteiger partial charge < -0.3 is 19.9 Å². The van der Waals surface area contributed by atoms with Crippen LogP contribution in [0.1, 0.15) is 12.0 Å². The number of aliphatic hydroxyl groups is 1. The molecule has 0 radical (unpaired) electrons. The normalized spacial score (nSPS) is 14.6. The average molecular weight is 223 g/mol. The van der Waals surface area contributed by atoms with Gasteiger partial charge in [0.05, 0.1) is 19.8 Å². The van der Waals surface area contributed by atoms with Gasteiger partial charge in [-0.2, -0.15) is 0 Å². The number of benzene rings is 1. The number of ether oxygens (including phenoxy) is 2. The number of nitrogens with one attached hydrogen (secondary N) is 1. The molecule has 0 spiro atoms. The minimum Gasteiger partial charge on any atom is -0.490 e. The topological polar surface area (TPSA) is 50.7 Å². The van der Waals surface area contributed by atoms with Crippen LogP contribution < -0.4 is 14.8 Å². The van der Waals surface area contributed by atoms with Gasteiger partial charge in [0, 0.05) is 19.5 Å². The maximum Gasteiger partial charge on any atom is 0.161 e. The van der Waals surface area contributed by atoms with Crippen LogP contribution in [0.2, 0.25) is 0 Å². The summed E-state index contributed by atoms with van der Waals surface area (Å²) in [6.07, 6.45) is 0.923. The molecule has 1 aliphatic rings. The van der Waals surface area contributed by atoms with Gasteiger partial charge in [0.1, 0.15) is 0 Å². The van der Waals surface area contributed by atoms with Crippen molar-refractivity contribution in [3.05, 3.63) is 23.8 Å². The van der Waals surface area contributed by atoms with Crippen LogP contribution in [0.5, 0.6) is 11.5 Å². The van der Waals surface area contributed by atoms with Crippen molar-refractivity contribution in [2.24, 2.45) is 0 Å². The molecule has 0 fully saturated rings. The smallest absolute Gasteiger partial charge is 0.161 e. The minimum atomic E-state index is 0.157. The lowest BCUT2D eigenvalue weighted by molar-refractivity contribution is 0.292. The Kier molecular flexibility index (Phi) is 4.02. The second-order valence-electron chi connectivity index (χ2n) is 3.73. The molecule has 0 unspecified atom stereocenters. The van der Waals surface area contributed by atoms with Crippen LogP contribution >= 0.6 is 0 Å². The van der Waals surface area contributed by atoms with Crippen molar-refractivity contribution in [3.8, 4) is 11.5 Å². The molecule has 1 aromatic rings. The van der Waals surface area contributed by atoms with E-state index in [2.05, 4.69) is 5.32 Å². The summed E-state index contributed by atoms with van der Waals surface area (Å²) < 4.78 is 11.1. The highest BCUT2D eigenvalue weighted by Crippen LogP contribution is 2.30. The fourth-order valence-corrected chi connectivity index (χ4v) is 1.63. The Labute approximate surface area is 95.2 Å². The fraction of sp³-hybridized carbons (Fsp3) is 0.500. The third kappa shape index (κ3) is 2.87. The lowest BCUT2D eigenvalue weighted by atomic mass is 10.2. The molecule has 0 saturated carbocycles. The maximum atomic E-state index is 8.67. The molecule has 1 aliphatic heterocycles. The molecule has 0 atom stereocenters. The Morgan fingerprint density at radius 1 is 1.19 bits per heavy atom. The molecule has 0 aromatic heterocycles. The van der Waals surface area contributed by atoms with E-state index in [-0.39, 0.29) is 6.61 Å². The largest absolute Gasteiger partial charge is 0.490 e. The Bertz CT molecular complexity index is 341. The molecule has 4 nitrogen and oxygen atoms in total. The molecule has 0 aliphatic carbocycles. The van der Waals surface area contributed by atoms with Gasteiger partial charge in [-0.1, -0.05) is 6.07 Å². The van der Waals surface area contributed by atoms with Gasteiger partial charge in [-0.25, -0.2) is 0 Å². The first-order valence-electron chi connectivity index (χ1n) is 5.60. The zero-order valence-electron chi connectivity index (χ0n) is 9.24. The quantitative estimate of drug-likeness (QED) is 0.746. The number of fused-ring (bicyclic) bond motifs is 1. The molecule has 1 aromatic carbocycles. The number of rotatable bonds is 4. The average Bonchev–Trinajstić information content (AvgIpc) is 2.54. The number of aliphatic hydroxyl groups excluding tert-OH is 1. The van der Waals surface area contributed by atoms with Gasteiger partial charge in [-0.15, -0.1) is 0 Å². The van der Waals surface area contributed by atoms with E-state index < -0.39 is 0 Å². The molecule has 1 heterocycles. The first-order valence-corrected chi connectivity index (χ1v) is 5.60. The molecule has 0 saturated heterocycles. The first kappa shape index (κ1) is 11.2. The summed E-state index contributed by atoms with van der Waals surface area (Å²) in [5, 5.41) is 11.8. The monoisotopic (exact) mass is 223 g/mol. The Balaban J connectivity index is 2.02. The molecular formula is C12H17NO3. The zero-order chi connectivity index (χ0) is 11.2. The summed E-state index contributed by atoms with van der Waals surface area (Å²) in [4.78, 5) is 0. The van der Waals surface area contributed by atoms with Crippen molar-refractivity contribution < 1.29 is 14.6 Å². The van der Waals surface area contributed by atoms with Crippen LogP contribution in [-0.2, 0) is 6.54 Å². The van der Waals surface area contributed by atoms with Crippen LogP contribution in [0.4, 0.5) is 0 Å². The van der Waals surface area contributed by atoms with E-state index in [0.29, 0.717) is 13.2 Å². The summed E-state index contributed by atoms with van der Waals surface area (Å²) in [5.74, 6) is 1.64. The van der Waals surface area contributed by atoms with Crippen molar-refractivity contribution in [2.45, 2.75) is 13.0 Å². The maximum absolute atomic E-state index is 8.67. The van der Waals surface area contributed by atoms with E-state index in [9.17, 15) is 0 Å². The Hall–Kier alpha value is -1.26. The minimum absolute atomic E-state index is 0.157. The summed E-state index contributed by atoms with van der Waals surface area (Å²) in [5.41, 5.74) is 1.14. The highest BCUT2D eigenvalue weighted by Gasteiger charge is 2.10. The standard InChI is InChI=1S/C12H17NO3/c14-5-4-13-9-10-2-3-11-12(8-10)16-7-1-6-15-11/h2-3,8,13-14H,1,4-7,9H2. The van der Waals surface area contributed by atoms with E-state index in [4.69, 9.17) is 14.6 Å². The van der Waals surface area contributed by atoms with Crippen molar-refractivity contribution in [2.75, 3.05) is 26.4 Å². The van der Waals surface area contributed by atoms with Gasteiger partial charge in [0.15, 0.2) is 11.5 Å². The van der Waals surface area contributed by atoms with Gasteiger partial charge in [-0.05, 0) is 17.7 Å². The highest BCUT2D eigenvalue weighted by molar-refractivity contribution is 5.43. The molecule has 4 heteroatoms. The van der Waals surface area contributed by atoms with Crippen LogP contribution in [0.3, 0.4) is 0 Å². The van der Waals surface area contributed by atoms with Crippen molar-refractivity contribution in [1.82, 2.24) is 5.32 Å². The van der Waals surface area contributed by atoms with Crippen LogP contribution in [0, 0.1) is 0 Å². The zero-order valence-corrected chi connectivity index (χ0v) is 9.24. The third-order valence-electron chi connectivity index (χ3n) is 2.43. The predicted octanol–water partition coefficient (Wildman–Crippen LogP) is 0.930. The molecule has 16 heavy (non-hydrogen) atoms. The Morgan fingerprint density at radius 2 is 2.00 bits per heavy atom. The SMILES string of the molecule is OCCNCc1ccc2c(c1)OCCCO2. The predicted molar refractivity (Wildman–Crippen MR) is 60.8 cm³/mol. The second kappa shape index (κ2) is 5.72. The molecule has 2 rings (SSSR count). The number of hydrogen-bond acceptors (Lipinski definition) is 4. The van der Waals surface area contributed by atoms with Crippen LogP contribution in [0.15, 0.2) is 18.2 Å². The van der Waals surface area contributed by atoms with Crippen LogP contribution in [0.25, 0.3) is 0 Å². The lowest BCUT2D eigenvalue weighted by Crippen LogP contribution is -2.17. The molecule has 0 amide bonds. The first-order chi connectivity index (χ1) is 7.90. The van der Waals surface area contributed by atoms with Gasteiger partial charge in [0.2, 0.25) is 0 Å².